The highest BCUT2D eigenvalue weighted by molar-refractivity contribution is 6.05. The molecule has 320 valence electrons. The lowest BCUT2D eigenvalue weighted by Crippen LogP contribution is -2.28. The van der Waals surface area contributed by atoms with Crippen LogP contribution in [-0.2, 0) is 46.8 Å². The average Bonchev–Trinajstić information content (AvgIpc) is 3.24. The maximum Gasteiger partial charge on any atom is 0.339 e. The molecule has 2 unspecified atom stereocenters. The summed E-state index contributed by atoms with van der Waals surface area (Å²) in [6.45, 7) is 6.53. The van der Waals surface area contributed by atoms with Crippen LogP contribution in [0.2, 0.25) is 0 Å². The van der Waals surface area contributed by atoms with Gasteiger partial charge in [0.05, 0.1) is 33.4 Å². The van der Waals surface area contributed by atoms with E-state index < -0.39 is 76.5 Å². The fraction of sp³-hybridized carbons (Fsp3) is 0.289. The molecule has 0 spiro atoms. The number of benzene rings is 4. The molecule has 4 N–H and O–H groups in total. The van der Waals surface area contributed by atoms with Crippen LogP contribution in [0, 0.1) is 0 Å². The smallest absolute Gasteiger partial charge is 0.339 e. The Morgan fingerprint density at radius 3 is 1.13 bits per heavy atom. The third-order valence-corrected chi connectivity index (χ3v) is 9.70. The molecular weight excluding hydrogens is 796 g/mol. The monoisotopic (exact) mass is 840 g/mol. The molecule has 4 aromatic rings. The number of carboxylic acids is 4. The molecule has 0 aliphatic carbocycles. The van der Waals surface area contributed by atoms with Crippen LogP contribution in [0.5, 0.6) is 0 Å². The van der Waals surface area contributed by atoms with Gasteiger partial charge < -0.3 is 39.4 Å². The second-order valence-corrected chi connectivity index (χ2v) is 14.3. The second-order valence-electron chi connectivity index (χ2n) is 14.3. The summed E-state index contributed by atoms with van der Waals surface area (Å²) in [5.74, 6) is -8.99. The van der Waals surface area contributed by atoms with E-state index in [1.807, 2.05) is 38.1 Å². The lowest BCUT2D eigenvalue weighted by atomic mass is 9.77. The van der Waals surface area contributed by atoms with Crippen molar-refractivity contribution in [3.63, 3.8) is 0 Å². The molecule has 0 amide bonds. The van der Waals surface area contributed by atoms with E-state index in [1.54, 1.807) is 38.1 Å². The lowest BCUT2D eigenvalue weighted by molar-refractivity contribution is -0.147. The van der Waals surface area contributed by atoms with Crippen molar-refractivity contribution >= 4 is 47.8 Å². The lowest BCUT2D eigenvalue weighted by Gasteiger charge is -2.27. The number of aromatic carboxylic acids is 4. The Morgan fingerprint density at radius 1 is 0.492 bits per heavy atom. The molecule has 0 aliphatic heterocycles. The average molecular weight is 841 g/mol. The molecule has 4 aromatic carbocycles. The highest BCUT2D eigenvalue weighted by Gasteiger charge is 2.28. The van der Waals surface area contributed by atoms with Crippen molar-refractivity contribution in [1.82, 2.24) is 0 Å². The molecule has 4 rings (SSSR count). The fourth-order valence-electron chi connectivity index (χ4n) is 6.15. The van der Waals surface area contributed by atoms with Crippen molar-refractivity contribution in [3.8, 4) is 0 Å². The molecule has 16 heteroatoms. The van der Waals surface area contributed by atoms with Gasteiger partial charge in [0, 0.05) is 31.1 Å². The number of carboxylic acid groups (broad SMARTS) is 4. The van der Waals surface area contributed by atoms with E-state index in [0.29, 0.717) is 11.1 Å². The normalized spacial score (nSPS) is 12.0. The van der Waals surface area contributed by atoms with E-state index in [4.69, 9.17) is 18.9 Å². The van der Waals surface area contributed by atoms with E-state index >= 15 is 0 Å². The van der Waals surface area contributed by atoms with E-state index in [9.17, 15) is 58.8 Å². The molecule has 61 heavy (non-hydrogen) atoms. The number of hydrogen-bond acceptors (Lipinski definition) is 12. The third kappa shape index (κ3) is 12.3. The van der Waals surface area contributed by atoms with Gasteiger partial charge in [-0.1, -0.05) is 76.2 Å². The van der Waals surface area contributed by atoms with Crippen LogP contribution in [-0.4, -0.2) is 93.6 Å². The zero-order chi connectivity index (χ0) is 45.0. The van der Waals surface area contributed by atoms with Crippen molar-refractivity contribution in [2.45, 2.75) is 71.0 Å². The van der Waals surface area contributed by atoms with Crippen molar-refractivity contribution in [2.24, 2.45) is 0 Å². The first kappa shape index (κ1) is 46.3. The Bertz CT molecular complexity index is 2150. The fourth-order valence-corrected chi connectivity index (χ4v) is 6.15. The molecule has 2 atom stereocenters. The summed E-state index contributed by atoms with van der Waals surface area (Å²) in [5.41, 5.74) is 0.0724. The van der Waals surface area contributed by atoms with Gasteiger partial charge in [0.15, 0.2) is 0 Å². The molecular formula is C45H44O16. The number of rotatable bonds is 20. The highest BCUT2D eigenvalue weighted by Crippen LogP contribution is 2.32. The Hall–Kier alpha value is -7.36. The molecule has 0 aromatic heterocycles. The van der Waals surface area contributed by atoms with Gasteiger partial charge >= 0.3 is 47.8 Å². The number of carbonyl (C=O) groups is 8. The molecule has 0 bridgehead atoms. The molecule has 16 nitrogen and oxygen atoms in total. The van der Waals surface area contributed by atoms with Gasteiger partial charge in [0.1, 0.15) is 25.4 Å². The predicted octanol–water partition coefficient (Wildman–Crippen LogP) is 6.25. The minimum absolute atomic E-state index is 0.0650. The van der Waals surface area contributed by atoms with E-state index in [-0.39, 0.29) is 61.2 Å². The van der Waals surface area contributed by atoms with Gasteiger partial charge in [-0.15, -0.1) is 0 Å². The van der Waals surface area contributed by atoms with Gasteiger partial charge in [-0.2, -0.15) is 0 Å². The SMILES string of the molecule is CCC(=O)OCC(Cc1ccc(C(C)(C)c2ccc(CC(COC(=O)CC)OC(=O)c3ccc(C(=O)O)cc3C(=O)O)cc2)cc1)OC(=O)c1ccc(C(=O)O)cc1C(=O)O. The molecule has 0 heterocycles. The summed E-state index contributed by atoms with van der Waals surface area (Å²) >= 11 is 0. The van der Waals surface area contributed by atoms with Crippen LogP contribution in [0.1, 0.15) is 125 Å². The summed E-state index contributed by atoms with van der Waals surface area (Å²) in [6.07, 6.45) is -1.76. The molecule has 0 saturated carbocycles. The Morgan fingerprint density at radius 2 is 0.836 bits per heavy atom. The van der Waals surface area contributed by atoms with Gasteiger partial charge in [-0.25, -0.2) is 28.8 Å². The maximum absolute atomic E-state index is 13.2. The quantitative estimate of drug-likeness (QED) is 0.0567. The largest absolute Gasteiger partial charge is 0.478 e. The summed E-state index contributed by atoms with van der Waals surface area (Å²) in [5, 5.41) is 37.8. The van der Waals surface area contributed by atoms with Crippen molar-refractivity contribution in [1.29, 1.82) is 0 Å². The molecule has 0 fully saturated rings. The molecule has 0 aliphatic rings. The molecule has 0 radical (unpaired) electrons. The first-order valence-electron chi connectivity index (χ1n) is 19.0. The van der Waals surface area contributed by atoms with Crippen molar-refractivity contribution < 1.29 is 77.7 Å². The summed E-state index contributed by atoms with van der Waals surface area (Å²) in [4.78, 5) is 96.8. The Balaban J connectivity index is 1.51. The first-order chi connectivity index (χ1) is 28.8. The van der Waals surface area contributed by atoms with Gasteiger partial charge in [0.25, 0.3) is 0 Å². The van der Waals surface area contributed by atoms with E-state index in [1.165, 1.54) is 0 Å². The zero-order valence-electron chi connectivity index (χ0n) is 33.7. The topological polar surface area (TPSA) is 254 Å². The maximum atomic E-state index is 13.2. The number of carbonyl (C=O) groups excluding carboxylic acids is 4. The summed E-state index contributed by atoms with van der Waals surface area (Å²) in [6, 6.07) is 20.7. The van der Waals surface area contributed by atoms with Crippen LogP contribution >= 0.6 is 0 Å². The van der Waals surface area contributed by atoms with Crippen LogP contribution in [0.25, 0.3) is 0 Å². The number of ether oxygens (including phenoxy) is 4. The van der Waals surface area contributed by atoms with Crippen LogP contribution in [0.15, 0.2) is 84.9 Å². The second kappa shape index (κ2) is 20.6. The van der Waals surface area contributed by atoms with Crippen LogP contribution in [0.4, 0.5) is 0 Å². The predicted molar refractivity (Wildman–Crippen MR) is 214 cm³/mol. The highest BCUT2D eigenvalue weighted by atomic mass is 16.6. The third-order valence-electron chi connectivity index (χ3n) is 9.70. The summed E-state index contributed by atoms with van der Waals surface area (Å²) in [7, 11) is 0. The molecule has 0 saturated heterocycles. The standard InChI is InChI=1S/C45H44O16/c1-5-37(46)58-23-31(60-43(56)33-17-11-27(39(48)49)21-35(33)41(52)53)19-25-7-13-29(14-8-25)45(3,4)30-15-9-26(10-16-30)20-32(24-59-38(47)6-2)61-44(57)34-18-12-28(40(50)51)22-36(34)42(54)55/h7-18,21-22,31-32H,5-6,19-20,23-24H2,1-4H3,(H,48,49)(H,50,51)(H,52,53)(H,54,55). The Labute approximate surface area is 349 Å². The zero-order valence-corrected chi connectivity index (χ0v) is 33.7. The van der Waals surface area contributed by atoms with Crippen molar-refractivity contribution in [3.05, 3.63) is 141 Å². The first-order valence-corrected chi connectivity index (χ1v) is 19.0. The van der Waals surface area contributed by atoms with Crippen molar-refractivity contribution in [2.75, 3.05) is 13.2 Å². The van der Waals surface area contributed by atoms with E-state index in [2.05, 4.69) is 0 Å². The van der Waals surface area contributed by atoms with Gasteiger partial charge in [-0.3, -0.25) is 9.59 Å². The minimum atomic E-state index is -1.53. The van der Waals surface area contributed by atoms with E-state index in [0.717, 1.165) is 47.5 Å². The number of hydrogen-bond donors (Lipinski definition) is 4. The van der Waals surface area contributed by atoms with Crippen LogP contribution in [0.3, 0.4) is 0 Å². The minimum Gasteiger partial charge on any atom is -0.478 e. The van der Waals surface area contributed by atoms with Gasteiger partial charge in [0.2, 0.25) is 0 Å². The summed E-state index contributed by atoms with van der Waals surface area (Å²) < 4.78 is 21.7. The van der Waals surface area contributed by atoms with Crippen LogP contribution < -0.4 is 0 Å². The Kier molecular flexibility index (Phi) is 15.6. The van der Waals surface area contributed by atoms with Gasteiger partial charge in [-0.05, 0) is 58.7 Å². The number of esters is 4.